The van der Waals surface area contributed by atoms with Crippen LogP contribution in [0, 0.1) is 0 Å². The van der Waals surface area contributed by atoms with Gasteiger partial charge in [-0.25, -0.2) is 9.78 Å². The molecule has 9 heteroatoms. The quantitative estimate of drug-likeness (QED) is 0.487. The number of benzene rings is 2. The van der Waals surface area contributed by atoms with E-state index < -0.39 is 17.7 Å². The molecule has 0 aliphatic heterocycles. The molecule has 0 amide bonds. The van der Waals surface area contributed by atoms with Gasteiger partial charge in [-0.1, -0.05) is 41.9 Å². The van der Waals surface area contributed by atoms with E-state index in [1.165, 1.54) is 6.20 Å². The molecule has 1 heterocycles. The predicted octanol–water partition coefficient (Wildman–Crippen LogP) is 5.78. The summed E-state index contributed by atoms with van der Waals surface area (Å²) in [6.07, 6.45) is -3.39. The highest BCUT2D eigenvalue weighted by molar-refractivity contribution is 6.32. The maximum Gasteiger partial charge on any atom is 0.416 e. The van der Waals surface area contributed by atoms with Crippen LogP contribution in [0.15, 0.2) is 54.7 Å². The van der Waals surface area contributed by atoms with Crippen molar-refractivity contribution in [2.45, 2.75) is 13.1 Å². The number of hydrogen-bond acceptors (Lipinski definition) is 5. The van der Waals surface area contributed by atoms with Gasteiger partial charge in [0, 0.05) is 11.8 Å². The van der Waals surface area contributed by atoms with Crippen molar-refractivity contribution in [1.29, 1.82) is 0 Å². The third kappa shape index (κ3) is 4.83. The third-order valence-corrected chi connectivity index (χ3v) is 4.06. The first-order valence-electron chi connectivity index (χ1n) is 8.43. The summed E-state index contributed by atoms with van der Waals surface area (Å²) in [7, 11) is 0. The van der Waals surface area contributed by atoms with Crippen molar-refractivity contribution in [3.8, 4) is 23.0 Å². The largest absolute Gasteiger partial charge is 0.462 e. The fraction of sp³-hybridized carbons (Fsp3) is 0.150. The molecular formula is C20H14ClF3N2O3. The number of carbonyl (C=O) groups excluding carboxylic acids is 1. The molecule has 0 radical (unpaired) electrons. The van der Waals surface area contributed by atoms with Crippen molar-refractivity contribution in [1.82, 2.24) is 9.97 Å². The van der Waals surface area contributed by atoms with Gasteiger partial charge in [0.25, 0.3) is 0 Å². The Balaban J connectivity index is 2.07. The van der Waals surface area contributed by atoms with Gasteiger partial charge >= 0.3 is 12.1 Å². The molecule has 5 nitrogen and oxygen atoms in total. The maximum absolute atomic E-state index is 13.0. The van der Waals surface area contributed by atoms with Crippen LogP contribution in [0.25, 0.3) is 11.4 Å². The number of halogens is 4. The third-order valence-electron chi connectivity index (χ3n) is 3.75. The summed E-state index contributed by atoms with van der Waals surface area (Å²) < 4.78 is 49.6. The lowest BCUT2D eigenvalue weighted by molar-refractivity contribution is -0.137. The number of nitrogens with zero attached hydrogens (tertiary/aromatic N) is 2. The van der Waals surface area contributed by atoms with Crippen molar-refractivity contribution in [2.24, 2.45) is 0 Å². The lowest BCUT2D eigenvalue weighted by Crippen LogP contribution is -2.10. The topological polar surface area (TPSA) is 61.3 Å². The predicted molar refractivity (Wildman–Crippen MR) is 100.0 cm³/mol. The monoisotopic (exact) mass is 422 g/mol. The smallest absolute Gasteiger partial charge is 0.416 e. The molecule has 2 aromatic carbocycles. The fourth-order valence-corrected chi connectivity index (χ4v) is 2.54. The van der Waals surface area contributed by atoms with Gasteiger partial charge in [-0.05, 0) is 25.1 Å². The van der Waals surface area contributed by atoms with Crippen LogP contribution >= 0.6 is 11.6 Å². The molecule has 0 aliphatic rings. The number of alkyl halides is 3. The minimum atomic E-state index is -4.59. The second-order valence-corrected chi connectivity index (χ2v) is 6.15. The van der Waals surface area contributed by atoms with E-state index in [2.05, 4.69) is 9.97 Å². The van der Waals surface area contributed by atoms with Crippen molar-refractivity contribution < 1.29 is 27.4 Å². The Bertz CT molecular complexity index is 1030. The van der Waals surface area contributed by atoms with Gasteiger partial charge in [0.2, 0.25) is 5.88 Å². The number of rotatable bonds is 5. The molecule has 29 heavy (non-hydrogen) atoms. The minimum Gasteiger partial charge on any atom is -0.462 e. The summed E-state index contributed by atoms with van der Waals surface area (Å²) in [5.74, 6) is -1.12. The number of ether oxygens (including phenoxy) is 2. The molecule has 1 aromatic heterocycles. The Morgan fingerprint density at radius 2 is 1.86 bits per heavy atom. The van der Waals surface area contributed by atoms with Crippen LogP contribution in [-0.4, -0.2) is 22.5 Å². The zero-order valence-electron chi connectivity index (χ0n) is 15.0. The summed E-state index contributed by atoms with van der Waals surface area (Å²) in [6, 6.07) is 11.4. The minimum absolute atomic E-state index is 0.0762. The van der Waals surface area contributed by atoms with E-state index in [9.17, 15) is 18.0 Å². The van der Waals surface area contributed by atoms with Gasteiger partial charge in [-0.3, -0.25) is 0 Å². The molecule has 0 N–H and O–H groups in total. The number of carbonyl (C=O) groups is 1. The lowest BCUT2D eigenvalue weighted by Gasteiger charge is -2.13. The number of aromatic nitrogens is 2. The summed E-state index contributed by atoms with van der Waals surface area (Å²) in [6.45, 7) is 1.70. The highest BCUT2D eigenvalue weighted by atomic mass is 35.5. The van der Waals surface area contributed by atoms with Gasteiger partial charge in [0.15, 0.2) is 5.82 Å². The van der Waals surface area contributed by atoms with Crippen LogP contribution in [0.1, 0.15) is 22.8 Å². The van der Waals surface area contributed by atoms with Crippen LogP contribution in [0.2, 0.25) is 5.02 Å². The Morgan fingerprint density at radius 3 is 2.52 bits per heavy atom. The number of esters is 1. The zero-order chi connectivity index (χ0) is 21.0. The number of hydrogen-bond donors (Lipinski definition) is 0. The second-order valence-electron chi connectivity index (χ2n) is 5.74. The normalized spacial score (nSPS) is 11.2. The van der Waals surface area contributed by atoms with Gasteiger partial charge in [-0.15, -0.1) is 0 Å². The Kier molecular flexibility index (Phi) is 6.03. The average Bonchev–Trinajstić information content (AvgIpc) is 2.69. The zero-order valence-corrected chi connectivity index (χ0v) is 15.8. The van der Waals surface area contributed by atoms with E-state index in [1.54, 1.807) is 37.3 Å². The molecule has 0 atom stereocenters. The van der Waals surface area contributed by atoms with E-state index in [1.807, 2.05) is 0 Å². The molecule has 150 valence electrons. The maximum atomic E-state index is 13.0. The highest BCUT2D eigenvalue weighted by Gasteiger charge is 2.31. The molecular weight excluding hydrogens is 409 g/mol. The lowest BCUT2D eigenvalue weighted by atomic mass is 10.2. The van der Waals surface area contributed by atoms with Crippen LogP contribution in [0.5, 0.6) is 11.6 Å². The van der Waals surface area contributed by atoms with Crippen molar-refractivity contribution in [3.63, 3.8) is 0 Å². The van der Waals surface area contributed by atoms with E-state index >= 15 is 0 Å². The van der Waals surface area contributed by atoms with E-state index in [0.29, 0.717) is 5.56 Å². The van der Waals surface area contributed by atoms with E-state index in [4.69, 9.17) is 21.1 Å². The first-order valence-corrected chi connectivity index (χ1v) is 8.81. The molecule has 3 aromatic rings. The van der Waals surface area contributed by atoms with Crippen molar-refractivity contribution in [3.05, 3.63) is 70.9 Å². The molecule has 3 rings (SSSR count). The molecule has 0 fully saturated rings. The molecule has 0 spiro atoms. The first kappa shape index (κ1) is 20.6. The Labute approximate surface area is 169 Å². The van der Waals surface area contributed by atoms with Crippen LogP contribution < -0.4 is 4.74 Å². The summed E-state index contributed by atoms with van der Waals surface area (Å²) in [5.41, 5.74) is -0.463. The van der Waals surface area contributed by atoms with Gasteiger partial charge in [0.1, 0.15) is 11.3 Å². The fourth-order valence-electron chi connectivity index (χ4n) is 2.38. The van der Waals surface area contributed by atoms with E-state index in [0.717, 1.165) is 18.2 Å². The van der Waals surface area contributed by atoms with Crippen LogP contribution in [-0.2, 0) is 10.9 Å². The van der Waals surface area contributed by atoms with E-state index in [-0.39, 0.29) is 34.6 Å². The van der Waals surface area contributed by atoms with Gasteiger partial charge in [-0.2, -0.15) is 18.2 Å². The summed E-state index contributed by atoms with van der Waals surface area (Å²) in [4.78, 5) is 20.5. The van der Waals surface area contributed by atoms with Gasteiger partial charge in [0.05, 0.1) is 17.2 Å². The molecule has 0 unspecified atom stereocenters. The second kappa shape index (κ2) is 8.48. The highest BCUT2D eigenvalue weighted by Crippen LogP contribution is 2.37. The standard InChI is InChI=1S/C20H14ClF3N2O3/c1-2-28-19(27)14-11-25-17(12-6-4-3-5-7-12)26-18(14)29-16-10-13(20(22,23)24)8-9-15(16)21/h3-11H,2H2,1H3. The van der Waals surface area contributed by atoms with Gasteiger partial charge < -0.3 is 9.47 Å². The van der Waals surface area contributed by atoms with Crippen LogP contribution in [0.3, 0.4) is 0 Å². The summed E-state index contributed by atoms with van der Waals surface area (Å²) >= 11 is 5.99. The van der Waals surface area contributed by atoms with Crippen LogP contribution in [0.4, 0.5) is 13.2 Å². The molecule has 0 aliphatic carbocycles. The molecule has 0 bridgehead atoms. The Morgan fingerprint density at radius 1 is 1.14 bits per heavy atom. The van der Waals surface area contributed by atoms with Crippen molar-refractivity contribution in [2.75, 3.05) is 6.61 Å². The summed E-state index contributed by atoms with van der Waals surface area (Å²) in [5, 5.41) is -0.0762. The van der Waals surface area contributed by atoms with Crippen molar-refractivity contribution >= 4 is 17.6 Å². The average molecular weight is 423 g/mol. The molecule has 0 saturated carbocycles. The Hall–Kier alpha value is -3.13. The first-order chi connectivity index (χ1) is 13.8. The molecule has 0 saturated heterocycles. The SMILES string of the molecule is CCOC(=O)c1cnc(-c2ccccc2)nc1Oc1cc(C(F)(F)F)ccc1Cl.